The van der Waals surface area contributed by atoms with Crippen molar-refractivity contribution in [1.82, 2.24) is 4.98 Å². The smallest absolute Gasteiger partial charge is 0.356 e. The molecule has 8 heteroatoms. The van der Waals surface area contributed by atoms with Gasteiger partial charge in [-0.3, -0.25) is 0 Å². The Balaban J connectivity index is 1.82. The quantitative estimate of drug-likeness (QED) is 0.363. The summed E-state index contributed by atoms with van der Waals surface area (Å²) in [6.07, 6.45) is 0.267. The first-order valence-electron chi connectivity index (χ1n) is 9.05. The molecule has 1 aromatic heterocycles. The molecule has 0 amide bonds. The highest BCUT2D eigenvalue weighted by Crippen LogP contribution is 2.27. The largest absolute Gasteiger partial charge is 0.488 e. The summed E-state index contributed by atoms with van der Waals surface area (Å²) in [5, 5.41) is 0.443. The predicted molar refractivity (Wildman–Crippen MR) is 105 cm³/mol. The second-order valence-electron chi connectivity index (χ2n) is 6.29. The number of esters is 1. The van der Waals surface area contributed by atoms with Gasteiger partial charge in [0.15, 0.2) is 17.5 Å². The average molecular weight is 436 g/mol. The van der Waals surface area contributed by atoms with Gasteiger partial charge in [-0.2, -0.15) is 0 Å². The van der Waals surface area contributed by atoms with Crippen LogP contribution in [0, 0.1) is 17.5 Å². The molecule has 0 spiro atoms. The molecule has 0 saturated carbocycles. The predicted octanol–water partition coefficient (Wildman–Crippen LogP) is 5.50. The van der Waals surface area contributed by atoms with Crippen LogP contribution in [0.15, 0.2) is 48.5 Å². The van der Waals surface area contributed by atoms with E-state index >= 15 is 0 Å². The van der Waals surface area contributed by atoms with Crippen molar-refractivity contribution >= 4 is 17.6 Å². The molecule has 0 bridgehead atoms. The van der Waals surface area contributed by atoms with Crippen LogP contribution in [0.4, 0.5) is 13.2 Å². The lowest BCUT2D eigenvalue weighted by Crippen LogP contribution is -2.09. The number of ether oxygens (including phenoxy) is 2. The third-order valence-corrected chi connectivity index (χ3v) is 4.42. The Morgan fingerprint density at radius 2 is 1.83 bits per heavy atom. The number of halogens is 4. The second kappa shape index (κ2) is 9.63. The molecule has 30 heavy (non-hydrogen) atoms. The molecule has 3 rings (SSSR count). The fourth-order valence-corrected chi connectivity index (χ4v) is 2.95. The molecule has 4 nitrogen and oxygen atoms in total. The second-order valence-corrected chi connectivity index (χ2v) is 6.72. The summed E-state index contributed by atoms with van der Waals surface area (Å²) in [4.78, 5) is 16.2. The number of nitrogens with zero attached hydrogens (tertiary/aromatic N) is 1. The Hall–Kier alpha value is -3.06. The van der Waals surface area contributed by atoms with Crippen molar-refractivity contribution in [2.75, 3.05) is 6.61 Å². The van der Waals surface area contributed by atoms with Gasteiger partial charge in [0.2, 0.25) is 0 Å². The minimum absolute atomic E-state index is 0.128. The summed E-state index contributed by atoms with van der Waals surface area (Å²) in [7, 11) is 0. The van der Waals surface area contributed by atoms with Crippen LogP contribution < -0.4 is 4.74 Å². The van der Waals surface area contributed by atoms with E-state index in [0.29, 0.717) is 22.0 Å². The van der Waals surface area contributed by atoms with Crippen molar-refractivity contribution in [3.05, 3.63) is 93.5 Å². The van der Waals surface area contributed by atoms with Crippen molar-refractivity contribution in [1.29, 1.82) is 0 Å². The number of benzene rings is 2. The van der Waals surface area contributed by atoms with E-state index in [1.165, 1.54) is 0 Å². The lowest BCUT2D eigenvalue weighted by molar-refractivity contribution is 0.0519. The molecule has 0 unspecified atom stereocenters. The summed E-state index contributed by atoms with van der Waals surface area (Å²) in [6, 6.07) is 11.7. The van der Waals surface area contributed by atoms with Gasteiger partial charge in [0.25, 0.3) is 0 Å². The van der Waals surface area contributed by atoms with Crippen LogP contribution in [-0.4, -0.2) is 17.6 Å². The average Bonchev–Trinajstić information content (AvgIpc) is 2.73. The van der Waals surface area contributed by atoms with Crippen LogP contribution in [-0.2, 0) is 17.8 Å². The fourth-order valence-electron chi connectivity index (χ4n) is 2.75. The van der Waals surface area contributed by atoms with Crippen molar-refractivity contribution in [2.45, 2.75) is 20.0 Å². The van der Waals surface area contributed by atoms with Crippen molar-refractivity contribution in [2.24, 2.45) is 0 Å². The van der Waals surface area contributed by atoms with E-state index in [0.717, 1.165) is 12.1 Å². The van der Waals surface area contributed by atoms with Gasteiger partial charge in [-0.15, -0.1) is 0 Å². The van der Waals surface area contributed by atoms with E-state index < -0.39 is 23.4 Å². The van der Waals surface area contributed by atoms with Crippen molar-refractivity contribution in [3.63, 3.8) is 0 Å². The lowest BCUT2D eigenvalue weighted by Gasteiger charge is -2.13. The van der Waals surface area contributed by atoms with Crippen LogP contribution in [0.3, 0.4) is 0 Å². The van der Waals surface area contributed by atoms with Gasteiger partial charge in [-0.1, -0.05) is 17.7 Å². The van der Waals surface area contributed by atoms with Crippen LogP contribution in [0.1, 0.15) is 34.2 Å². The number of hydrogen-bond donors (Lipinski definition) is 0. The summed E-state index contributed by atoms with van der Waals surface area (Å²) in [5.41, 5.74) is 1.23. The van der Waals surface area contributed by atoms with Crippen LogP contribution >= 0.6 is 11.6 Å². The van der Waals surface area contributed by atoms with E-state index in [4.69, 9.17) is 21.1 Å². The van der Waals surface area contributed by atoms with Gasteiger partial charge in [0.05, 0.1) is 6.61 Å². The van der Waals surface area contributed by atoms with Gasteiger partial charge < -0.3 is 9.47 Å². The Morgan fingerprint density at radius 1 is 1.03 bits per heavy atom. The number of aromatic nitrogens is 1. The Bertz CT molecular complexity index is 1080. The lowest BCUT2D eigenvalue weighted by atomic mass is 10.1. The number of carbonyl (C=O) groups excluding carboxylic acids is 1. The molecule has 0 saturated heterocycles. The first-order valence-corrected chi connectivity index (χ1v) is 9.43. The summed E-state index contributed by atoms with van der Waals surface area (Å²) in [6.45, 7) is 1.62. The molecular weight excluding hydrogens is 419 g/mol. The van der Waals surface area contributed by atoms with Gasteiger partial charge in [0.1, 0.15) is 18.1 Å². The van der Waals surface area contributed by atoms with Gasteiger partial charge >= 0.3 is 5.97 Å². The molecule has 156 valence electrons. The van der Waals surface area contributed by atoms with E-state index in [9.17, 15) is 18.0 Å². The summed E-state index contributed by atoms with van der Waals surface area (Å²) >= 11 is 6.09. The van der Waals surface area contributed by atoms with Crippen LogP contribution in [0.5, 0.6) is 5.75 Å². The van der Waals surface area contributed by atoms with E-state index in [-0.39, 0.29) is 30.9 Å². The molecular formula is C22H17ClF3NO3. The first kappa shape index (κ1) is 21.6. The maximum atomic E-state index is 13.9. The highest BCUT2D eigenvalue weighted by Gasteiger charge is 2.15. The third-order valence-electron chi connectivity index (χ3n) is 4.18. The zero-order valence-corrected chi connectivity index (χ0v) is 16.7. The van der Waals surface area contributed by atoms with E-state index in [2.05, 4.69) is 4.98 Å². The zero-order valence-electron chi connectivity index (χ0n) is 15.9. The van der Waals surface area contributed by atoms with Gasteiger partial charge in [-0.25, -0.2) is 22.9 Å². The summed E-state index contributed by atoms with van der Waals surface area (Å²) < 4.78 is 51.0. The molecule has 3 aromatic rings. The molecule has 1 heterocycles. The molecule has 0 fully saturated rings. The van der Waals surface area contributed by atoms with Crippen molar-refractivity contribution < 1.29 is 27.4 Å². The number of pyridine rings is 1. The maximum absolute atomic E-state index is 13.9. The highest BCUT2D eigenvalue weighted by molar-refractivity contribution is 6.30. The van der Waals surface area contributed by atoms with Gasteiger partial charge in [-0.05, 0) is 49.4 Å². The minimum atomic E-state index is -1.55. The Morgan fingerprint density at radius 3 is 2.60 bits per heavy atom. The van der Waals surface area contributed by atoms with Crippen LogP contribution in [0.2, 0.25) is 5.02 Å². The molecule has 0 aliphatic rings. The number of hydrogen-bond acceptors (Lipinski definition) is 4. The maximum Gasteiger partial charge on any atom is 0.356 e. The Labute approximate surface area is 176 Å². The number of rotatable bonds is 7. The Kier molecular flexibility index (Phi) is 6.95. The van der Waals surface area contributed by atoms with E-state index in [1.807, 2.05) is 0 Å². The van der Waals surface area contributed by atoms with Gasteiger partial charge in [0, 0.05) is 28.3 Å². The fraction of sp³-hybridized carbons (Fsp3) is 0.182. The third kappa shape index (κ3) is 5.10. The first-order chi connectivity index (χ1) is 14.4. The SMILES string of the molecule is CCOC(=O)c1cccc(Cc2cc(Cl)ccc2OCc2ccc(F)c(F)c2F)n1. The summed E-state index contributed by atoms with van der Waals surface area (Å²) in [5.74, 6) is -4.28. The topological polar surface area (TPSA) is 48.4 Å². The van der Waals surface area contributed by atoms with E-state index in [1.54, 1.807) is 43.3 Å². The monoisotopic (exact) mass is 435 g/mol. The molecule has 0 aliphatic heterocycles. The molecule has 0 radical (unpaired) electrons. The standard InChI is InChI=1S/C22H17ClF3NO3/c1-2-29-22(28)18-5-3-4-16(27-18)11-14-10-15(23)7-9-19(14)30-12-13-6-8-17(24)21(26)20(13)25/h3-10H,2,11-12H2,1H3. The zero-order chi connectivity index (χ0) is 21.7. The number of carbonyl (C=O) groups is 1. The molecule has 0 aliphatic carbocycles. The molecule has 0 atom stereocenters. The van der Waals surface area contributed by atoms with Crippen LogP contribution in [0.25, 0.3) is 0 Å². The highest BCUT2D eigenvalue weighted by atomic mass is 35.5. The minimum Gasteiger partial charge on any atom is -0.488 e. The normalized spacial score (nSPS) is 10.7. The molecule has 0 N–H and O–H groups in total. The van der Waals surface area contributed by atoms with Crippen molar-refractivity contribution in [3.8, 4) is 5.75 Å². The molecule has 2 aromatic carbocycles.